The van der Waals surface area contributed by atoms with Gasteiger partial charge in [0, 0.05) is 17.8 Å². The van der Waals surface area contributed by atoms with Crippen LogP contribution in [0, 0.1) is 0 Å². The molecule has 1 aromatic rings. The second-order valence-electron chi connectivity index (χ2n) is 5.81. The quantitative estimate of drug-likeness (QED) is 0.802. The Morgan fingerprint density at radius 1 is 1.44 bits per heavy atom. The largest absolute Gasteiger partial charge is 0.389 e. The Hall–Kier alpha value is -0.890. The van der Waals surface area contributed by atoms with Gasteiger partial charge in [-0.3, -0.25) is 4.98 Å². The summed E-state index contributed by atoms with van der Waals surface area (Å²) in [6, 6.07) is 4.17. The van der Waals surface area contributed by atoms with E-state index in [0.29, 0.717) is 0 Å². The summed E-state index contributed by atoms with van der Waals surface area (Å²) in [6.45, 7) is 4.20. The van der Waals surface area contributed by atoms with Crippen LogP contribution >= 0.6 is 0 Å². The Morgan fingerprint density at radius 3 is 3.06 bits per heavy atom. The van der Waals surface area contributed by atoms with Crippen LogP contribution in [0.1, 0.15) is 69.5 Å². The molecule has 2 unspecified atom stereocenters. The van der Waals surface area contributed by atoms with Crippen LogP contribution in [-0.2, 0) is 6.42 Å². The van der Waals surface area contributed by atoms with Gasteiger partial charge in [-0.15, -0.1) is 0 Å². The molecule has 2 nitrogen and oxygen atoms in total. The first kappa shape index (κ1) is 13.5. The number of nitrogens with zero attached hydrogens (tertiary/aromatic N) is 1. The Morgan fingerprint density at radius 2 is 2.28 bits per heavy atom. The molecule has 1 aromatic heterocycles. The number of hydrogen-bond acceptors (Lipinski definition) is 2. The molecular weight excluding hydrogens is 222 g/mol. The maximum absolute atomic E-state index is 10.8. The molecule has 1 aliphatic rings. The van der Waals surface area contributed by atoms with E-state index < -0.39 is 5.60 Å². The Kier molecular flexibility index (Phi) is 4.39. The lowest BCUT2D eigenvalue weighted by atomic mass is 9.74. The number of fused-ring (bicyclic) bond motifs is 1. The van der Waals surface area contributed by atoms with Crippen molar-refractivity contribution in [3.8, 4) is 0 Å². The first-order valence-corrected chi connectivity index (χ1v) is 7.31. The van der Waals surface area contributed by atoms with Crippen molar-refractivity contribution in [2.45, 2.75) is 70.3 Å². The normalized spacial score (nSPS) is 22.3. The molecule has 1 aliphatic carbocycles. The average molecular weight is 247 g/mol. The van der Waals surface area contributed by atoms with Crippen molar-refractivity contribution in [3.63, 3.8) is 0 Å². The van der Waals surface area contributed by atoms with E-state index in [0.717, 1.165) is 31.4 Å². The minimum absolute atomic E-state index is 0.222. The van der Waals surface area contributed by atoms with Gasteiger partial charge in [-0.25, -0.2) is 0 Å². The second-order valence-corrected chi connectivity index (χ2v) is 5.81. The van der Waals surface area contributed by atoms with Crippen LogP contribution < -0.4 is 0 Å². The molecular formula is C16H25NO. The van der Waals surface area contributed by atoms with Crippen LogP contribution in [0.2, 0.25) is 0 Å². The summed E-state index contributed by atoms with van der Waals surface area (Å²) >= 11 is 0. The molecule has 0 saturated heterocycles. The van der Waals surface area contributed by atoms with E-state index >= 15 is 0 Å². The van der Waals surface area contributed by atoms with Crippen molar-refractivity contribution in [1.82, 2.24) is 4.98 Å². The summed E-state index contributed by atoms with van der Waals surface area (Å²) in [4.78, 5) is 4.54. The van der Waals surface area contributed by atoms with Crippen molar-refractivity contribution in [2.75, 3.05) is 0 Å². The highest BCUT2D eigenvalue weighted by Crippen LogP contribution is 2.40. The van der Waals surface area contributed by atoms with E-state index in [1.165, 1.54) is 24.8 Å². The van der Waals surface area contributed by atoms with Crippen LogP contribution in [0.4, 0.5) is 0 Å². The molecule has 0 aromatic carbocycles. The van der Waals surface area contributed by atoms with E-state index in [9.17, 15) is 5.11 Å². The van der Waals surface area contributed by atoms with Crippen molar-refractivity contribution in [3.05, 3.63) is 29.6 Å². The van der Waals surface area contributed by atoms with Gasteiger partial charge < -0.3 is 5.11 Å². The van der Waals surface area contributed by atoms with E-state index in [1.54, 1.807) is 0 Å². The molecule has 0 spiro atoms. The van der Waals surface area contributed by atoms with E-state index in [4.69, 9.17) is 0 Å². The average Bonchev–Trinajstić information content (AvgIpc) is 2.38. The zero-order valence-corrected chi connectivity index (χ0v) is 11.7. The fourth-order valence-corrected chi connectivity index (χ4v) is 3.12. The number of unbranched alkanes of at least 4 members (excludes halogenated alkanes) is 2. The fourth-order valence-electron chi connectivity index (χ4n) is 3.12. The summed E-state index contributed by atoms with van der Waals surface area (Å²) in [6.07, 6.45) is 9.64. The summed E-state index contributed by atoms with van der Waals surface area (Å²) in [5.74, 6) is 0.222. The predicted molar refractivity (Wildman–Crippen MR) is 74.7 cm³/mol. The highest BCUT2D eigenvalue weighted by atomic mass is 16.3. The lowest BCUT2D eigenvalue weighted by molar-refractivity contribution is 0.0125. The molecule has 0 aliphatic heterocycles. The molecule has 2 atom stereocenters. The van der Waals surface area contributed by atoms with Crippen molar-refractivity contribution in [2.24, 2.45) is 0 Å². The molecule has 0 saturated carbocycles. The second kappa shape index (κ2) is 5.83. The van der Waals surface area contributed by atoms with Gasteiger partial charge in [0.1, 0.15) is 0 Å². The smallest absolute Gasteiger partial charge is 0.0703 e. The van der Waals surface area contributed by atoms with Gasteiger partial charge in [-0.1, -0.05) is 32.3 Å². The Labute approximate surface area is 110 Å². The third-order valence-electron chi connectivity index (χ3n) is 4.23. The molecule has 0 radical (unpaired) electrons. The van der Waals surface area contributed by atoms with Gasteiger partial charge in [0.15, 0.2) is 0 Å². The van der Waals surface area contributed by atoms with E-state index in [1.807, 2.05) is 19.2 Å². The standard InChI is InChI=1S/C16H25NO/c1-3-4-5-11-16(2,18)14-10-6-8-13-9-7-12-17-15(13)14/h7,9,12,14,18H,3-6,8,10-11H2,1-2H3. The molecule has 0 bridgehead atoms. The zero-order chi connectivity index (χ0) is 13.0. The first-order valence-electron chi connectivity index (χ1n) is 7.31. The number of aliphatic hydroxyl groups is 1. The zero-order valence-electron chi connectivity index (χ0n) is 11.7. The van der Waals surface area contributed by atoms with Gasteiger partial charge >= 0.3 is 0 Å². The molecule has 18 heavy (non-hydrogen) atoms. The molecule has 2 rings (SSSR count). The topological polar surface area (TPSA) is 33.1 Å². The summed E-state index contributed by atoms with van der Waals surface area (Å²) < 4.78 is 0. The minimum Gasteiger partial charge on any atom is -0.389 e. The third-order valence-corrected chi connectivity index (χ3v) is 4.23. The van der Waals surface area contributed by atoms with Crippen molar-refractivity contribution in [1.29, 1.82) is 0 Å². The van der Waals surface area contributed by atoms with Gasteiger partial charge in [-0.2, -0.15) is 0 Å². The summed E-state index contributed by atoms with van der Waals surface area (Å²) in [5, 5.41) is 10.8. The Balaban J connectivity index is 2.13. The molecule has 0 fully saturated rings. The van der Waals surface area contributed by atoms with Gasteiger partial charge in [0.05, 0.1) is 5.60 Å². The molecule has 1 N–H and O–H groups in total. The van der Waals surface area contributed by atoms with Gasteiger partial charge in [-0.05, 0) is 44.2 Å². The summed E-state index contributed by atoms with van der Waals surface area (Å²) in [7, 11) is 0. The minimum atomic E-state index is -0.599. The molecule has 0 amide bonds. The monoisotopic (exact) mass is 247 g/mol. The number of hydrogen-bond donors (Lipinski definition) is 1. The van der Waals surface area contributed by atoms with Crippen LogP contribution in [0.25, 0.3) is 0 Å². The van der Waals surface area contributed by atoms with Crippen molar-refractivity contribution >= 4 is 0 Å². The van der Waals surface area contributed by atoms with Crippen LogP contribution in [0.3, 0.4) is 0 Å². The number of pyridine rings is 1. The predicted octanol–water partition coefficient (Wildman–Crippen LogP) is 3.83. The molecule has 1 heterocycles. The third kappa shape index (κ3) is 2.92. The van der Waals surface area contributed by atoms with Crippen LogP contribution in [0.15, 0.2) is 18.3 Å². The van der Waals surface area contributed by atoms with Gasteiger partial charge in [0.25, 0.3) is 0 Å². The first-order chi connectivity index (χ1) is 8.65. The lowest BCUT2D eigenvalue weighted by Gasteiger charge is -2.36. The lowest BCUT2D eigenvalue weighted by Crippen LogP contribution is -2.35. The highest BCUT2D eigenvalue weighted by molar-refractivity contribution is 5.28. The molecule has 100 valence electrons. The maximum Gasteiger partial charge on any atom is 0.0703 e. The van der Waals surface area contributed by atoms with Crippen LogP contribution in [-0.4, -0.2) is 15.7 Å². The van der Waals surface area contributed by atoms with E-state index in [-0.39, 0.29) is 5.92 Å². The SMILES string of the molecule is CCCCCC(C)(O)C1CCCc2cccnc21. The number of aromatic nitrogens is 1. The number of rotatable bonds is 5. The maximum atomic E-state index is 10.8. The molecule has 2 heteroatoms. The Bertz CT molecular complexity index is 386. The van der Waals surface area contributed by atoms with E-state index in [2.05, 4.69) is 18.0 Å². The number of aryl methyl sites for hydroxylation is 1. The fraction of sp³-hybridized carbons (Fsp3) is 0.688. The van der Waals surface area contributed by atoms with Crippen molar-refractivity contribution < 1.29 is 5.11 Å². The van der Waals surface area contributed by atoms with Crippen LogP contribution in [0.5, 0.6) is 0 Å². The highest BCUT2D eigenvalue weighted by Gasteiger charge is 2.36. The summed E-state index contributed by atoms with van der Waals surface area (Å²) in [5.41, 5.74) is 1.88. The van der Waals surface area contributed by atoms with Gasteiger partial charge in [0.2, 0.25) is 0 Å².